The maximum absolute atomic E-state index is 12.2. The van der Waals surface area contributed by atoms with Gasteiger partial charge in [0, 0.05) is 6.08 Å². The van der Waals surface area contributed by atoms with E-state index in [1.165, 1.54) is 17.2 Å². The number of benzene rings is 2. The fourth-order valence-corrected chi connectivity index (χ4v) is 3.29. The molecule has 0 radical (unpaired) electrons. The molecule has 2 heteroatoms. The molecule has 0 saturated heterocycles. The minimum absolute atomic E-state index is 0.0109. The number of carbonyl (C=O) groups is 1. The van der Waals surface area contributed by atoms with Gasteiger partial charge in [0.2, 0.25) is 0 Å². The van der Waals surface area contributed by atoms with Crippen LogP contribution in [0.25, 0.3) is 0 Å². The lowest BCUT2D eigenvalue weighted by Crippen LogP contribution is -2.17. The molecule has 0 atom stereocenters. The Bertz CT molecular complexity index is 813. The predicted octanol–water partition coefficient (Wildman–Crippen LogP) is 6.72. The van der Waals surface area contributed by atoms with E-state index in [4.69, 9.17) is 4.74 Å². The molecule has 28 heavy (non-hydrogen) atoms. The molecule has 0 bridgehead atoms. The van der Waals surface area contributed by atoms with Crippen LogP contribution in [0.2, 0.25) is 0 Å². The van der Waals surface area contributed by atoms with E-state index < -0.39 is 12.1 Å². The van der Waals surface area contributed by atoms with Crippen molar-refractivity contribution in [1.82, 2.24) is 0 Å². The van der Waals surface area contributed by atoms with Crippen molar-refractivity contribution in [3.63, 3.8) is 0 Å². The lowest BCUT2D eigenvalue weighted by molar-refractivity contribution is -0.141. The molecule has 0 aliphatic rings. The van der Waals surface area contributed by atoms with Crippen LogP contribution in [0.1, 0.15) is 81.0 Å². The van der Waals surface area contributed by atoms with Gasteiger partial charge in [-0.25, -0.2) is 4.79 Å². The first-order valence-corrected chi connectivity index (χ1v) is 9.88. The van der Waals surface area contributed by atoms with Crippen LogP contribution in [-0.4, -0.2) is 5.97 Å². The summed E-state index contributed by atoms with van der Waals surface area (Å²) in [5.74, 6) is -0.414. The summed E-state index contributed by atoms with van der Waals surface area (Å²) in [7, 11) is 0. The van der Waals surface area contributed by atoms with Gasteiger partial charge in [-0.15, -0.1) is 0 Å². The van der Waals surface area contributed by atoms with Crippen molar-refractivity contribution in [2.75, 3.05) is 0 Å². The standard InChI is InChI=1S/C26H34O2/c1-10-23(27)28-24(19-11-17(2)13-21(15-19)25(4,5)6)20-12-18(3)14-22(16-20)26(7,8)9/h10-16,24H,1H2,2-9H3. The van der Waals surface area contributed by atoms with Crippen LogP contribution >= 0.6 is 0 Å². The Kier molecular flexibility index (Phi) is 6.23. The minimum atomic E-state index is -0.465. The SMILES string of the molecule is C=CC(=O)OC(c1cc(C)cc(C(C)(C)C)c1)c1cc(C)cc(C(C)(C)C)c1. The number of ether oxygens (including phenoxy) is 1. The van der Waals surface area contributed by atoms with Gasteiger partial charge < -0.3 is 4.74 Å². The lowest BCUT2D eigenvalue weighted by Gasteiger charge is -2.26. The Hall–Kier alpha value is -2.35. The molecular weight excluding hydrogens is 344 g/mol. The molecule has 2 aromatic carbocycles. The molecule has 0 spiro atoms. The van der Waals surface area contributed by atoms with Crippen molar-refractivity contribution in [3.8, 4) is 0 Å². The molecule has 0 N–H and O–H groups in total. The van der Waals surface area contributed by atoms with Gasteiger partial charge >= 0.3 is 5.97 Å². The van der Waals surface area contributed by atoms with Gasteiger partial charge in [0.05, 0.1) is 0 Å². The molecule has 2 aromatic rings. The highest BCUT2D eigenvalue weighted by Crippen LogP contribution is 2.34. The third-order valence-corrected chi connectivity index (χ3v) is 4.94. The number of hydrogen-bond acceptors (Lipinski definition) is 2. The van der Waals surface area contributed by atoms with E-state index in [0.717, 1.165) is 22.3 Å². The summed E-state index contributed by atoms with van der Waals surface area (Å²) in [5, 5.41) is 0. The molecule has 0 aromatic heterocycles. The Morgan fingerprint density at radius 1 is 0.821 bits per heavy atom. The van der Waals surface area contributed by atoms with Crippen molar-refractivity contribution >= 4 is 5.97 Å². The zero-order valence-electron chi connectivity index (χ0n) is 18.6. The first-order chi connectivity index (χ1) is 12.8. The molecule has 0 saturated carbocycles. The summed E-state index contributed by atoms with van der Waals surface area (Å²) < 4.78 is 5.86. The Morgan fingerprint density at radius 2 is 1.21 bits per heavy atom. The number of rotatable bonds is 4. The normalized spacial score (nSPS) is 12.2. The molecule has 0 heterocycles. The molecule has 0 fully saturated rings. The topological polar surface area (TPSA) is 26.3 Å². The highest BCUT2D eigenvalue weighted by Gasteiger charge is 2.24. The second-order valence-corrected chi connectivity index (χ2v) is 9.79. The molecular formula is C26H34O2. The maximum Gasteiger partial charge on any atom is 0.331 e. The number of aryl methyl sites for hydroxylation is 2. The lowest BCUT2D eigenvalue weighted by atomic mass is 9.82. The number of carbonyl (C=O) groups excluding carboxylic acids is 1. The average molecular weight is 379 g/mol. The van der Waals surface area contributed by atoms with E-state index in [1.807, 2.05) is 0 Å². The largest absolute Gasteiger partial charge is 0.449 e. The van der Waals surface area contributed by atoms with Crippen LogP contribution in [-0.2, 0) is 20.4 Å². The van der Waals surface area contributed by atoms with Crippen molar-refractivity contribution < 1.29 is 9.53 Å². The monoisotopic (exact) mass is 378 g/mol. The van der Waals surface area contributed by atoms with Crippen molar-refractivity contribution in [2.24, 2.45) is 0 Å². The summed E-state index contributed by atoms with van der Waals surface area (Å²) in [5.41, 5.74) is 6.78. The van der Waals surface area contributed by atoms with E-state index >= 15 is 0 Å². The summed E-state index contributed by atoms with van der Waals surface area (Å²) in [6.45, 7) is 20.9. The predicted molar refractivity (Wildman–Crippen MR) is 118 cm³/mol. The van der Waals surface area contributed by atoms with Gasteiger partial charge in [-0.05, 0) is 46.9 Å². The Labute approximate surface area is 170 Å². The summed E-state index contributed by atoms with van der Waals surface area (Å²) in [4.78, 5) is 12.2. The number of esters is 1. The molecule has 150 valence electrons. The summed E-state index contributed by atoms with van der Waals surface area (Å²) in [6.07, 6.45) is 0.765. The fraction of sp³-hybridized carbons (Fsp3) is 0.423. The highest BCUT2D eigenvalue weighted by atomic mass is 16.5. The van der Waals surface area contributed by atoms with Gasteiger partial charge in [-0.1, -0.05) is 95.6 Å². The van der Waals surface area contributed by atoms with Gasteiger partial charge in [-0.2, -0.15) is 0 Å². The third-order valence-electron chi connectivity index (χ3n) is 4.94. The van der Waals surface area contributed by atoms with E-state index in [1.54, 1.807) is 0 Å². The zero-order valence-corrected chi connectivity index (χ0v) is 18.6. The van der Waals surface area contributed by atoms with Crippen LogP contribution in [0.3, 0.4) is 0 Å². The smallest absolute Gasteiger partial charge is 0.331 e. The first-order valence-electron chi connectivity index (χ1n) is 9.88. The van der Waals surface area contributed by atoms with E-state index in [2.05, 4.69) is 98.4 Å². The van der Waals surface area contributed by atoms with Crippen LogP contribution < -0.4 is 0 Å². The van der Waals surface area contributed by atoms with E-state index in [-0.39, 0.29) is 10.8 Å². The van der Waals surface area contributed by atoms with Crippen LogP contribution in [0.15, 0.2) is 49.1 Å². The molecule has 2 rings (SSSR count). The third kappa shape index (κ3) is 5.34. The highest BCUT2D eigenvalue weighted by molar-refractivity contribution is 5.81. The van der Waals surface area contributed by atoms with Crippen molar-refractivity contribution in [3.05, 3.63) is 82.4 Å². The zero-order chi connectivity index (χ0) is 21.3. The average Bonchev–Trinajstić information content (AvgIpc) is 2.56. The van der Waals surface area contributed by atoms with Crippen LogP contribution in [0.5, 0.6) is 0 Å². The van der Waals surface area contributed by atoms with Crippen LogP contribution in [0.4, 0.5) is 0 Å². The number of hydrogen-bond donors (Lipinski definition) is 0. The molecule has 2 nitrogen and oxygen atoms in total. The molecule has 0 unspecified atom stereocenters. The minimum Gasteiger partial charge on any atom is -0.449 e. The second kappa shape index (κ2) is 7.95. The molecule has 0 aliphatic heterocycles. The fourth-order valence-electron chi connectivity index (χ4n) is 3.29. The van der Waals surface area contributed by atoms with Gasteiger partial charge in [0.15, 0.2) is 6.10 Å². The first kappa shape index (κ1) is 21.9. The quantitative estimate of drug-likeness (QED) is 0.436. The van der Waals surface area contributed by atoms with Gasteiger partial charge in [-0.3, -0.25) is 0 Å². The van der Waals surface area contributed by atoms with Gasteiger partial charge in [0.25, 0.3) is 0 Å². The molecule has 0 aliphatic carbocycles. The van der Waals surface area contributed by atoms with E-state index in [9.17, 15) is 4.79 Å². The Balaban J connectivity index is 2.68. The van der Waals surface area contributed by atoms with Crippen molar-refractivity contribution in [1.29, 1.82) is 0 Å². The molecule has 0 amide bonds. The maximum atomic E-state index is 12.2. The summed E-state index contributed by atoms with van der Waals surface area (Å²) >= 11 is 0. The van der Waals surface area contributed by atoms with Crippen LogP contribution in [0, 0.1) is 13.8 Å². The summed E-state index contributed by atoms with van der Waals surface area (Å²) in [6, 6.07) is 12.9. The van der Waals surface area contributed by atoms with Crippen molar-refractivity contribution in [2.45, 2.75) is 72.3 Å². The Morgan fingerprint density at radius 3 is 1.54 bits per heavy atom. The van der Waals surface area contributed by atoms with Gasteiger partial charge in [0.1, 0.15) is 0 Å². The van der Waals surface area contributed by atoms with E-state index in [0.29, 0.717) is 0 Å². The second-order valence-electron chi connectivity index (χ2n) is 9.79.